The van der Waals surface area contributed by atoms with E-state index in [0.717, 1.165) is 70.4 Å². The number of hydrogen-bond acceptors (Lipinski definition) is 3. The van der Waals surface area contributed by atoms with Crippen LogP contribution in [-0.4, -0.2) is 47.0 Å². The van der Waals surface area contributed by atoms with Crippen LogP contribution >= 0.6 is 0 Å². The van der Waals surface area contributed by atoms with Gasteiger partial charge in [-0.25, -0.2) is 0 Å². The standard InChI is InChI=1S/C30H40N2O2/c1-2-18-32(22-28-26-20-31(21-27(26)28)19-23-12-6-3-7-13-23)29(33)30(34,24-14-8-4-9-15-24)25-16-10-5-11-17-25/h3-4,6-9,12-15,25-28,34H,2,5,10-11,16-22H2,1H3. The van der Waals surface area contributed by atoms with Crippen molar-refractivity contribution in [3.05, 3.63) is 71.8 Å². The van der Waals surface area contributed by atoms with E-state index in [1.807, 2.05) is 35.2 Å². The molecule has 2 saturated carbocycles. The Bertz CT molecular complexity index is 931. The highest BCUT2D eigenvalue weighted by Gasteiger charge is 2.57. The lowest BCUT2D eigenvalue weighted by Gasteiger charge is -2.41. The van der Waals surface area contributed by atoms with Crippen LogP contribution in [0, 0.1) is 23.7 Å². The number of carbonyl (C=O) groups excluding carboxylic acids is 1. The highest BCUT2D eigenvalue weighted by Crippen LogP contribution is 2.52. The van der Waals surface area contributed by atoms with Crippen LogP contribution < -0.4 is 0 Å². The maximum atomic E-state index is 14.1. The summed E-state index contributed by atoms with van der Waals surface area (Å²) in [4.78, 5) is 18.7. The van der Waals surface area contributed by atoms with E-state index in [1.165, 1.54) is 12.0 Å². The average Bonchev–Trinajstić information content (AvgIpc) is 3.32. The number of benzene rings is 2. The Morgan fingerprint density at radius 1 is 0.971 bits per heavy atom. The van der Waals surface area contributed by atoms with Crippen LogP contribution in [0.4, 0.5) is 0 Å². The minimum Gasteiger partial charge on any atom is -0.375 e. The first-order chi connectivity index (χ1) is 16.6. The number of amides is 1. The van der Waals surface area contributed by atoms with Crippen LogP contribution in [0.25, 0.3) is 0 Å². The maximum absolute atomic E-state index is 14.1. The molecule has 0 spiro atoms. The maximum Gasteiger partial charge on any atom is 0.259 e. The van der Waals surface area contributed by atoms with Crippen molar-refractivity contribution in [2.75, 3.05) is 26.2 Å². The molecule has 5 rings (SSSR count). The van der Waals surface area contributed by atoms with Gasteiger partial charge in [0.15, 0.2) is 5.60 Å². The van der Waals surface area contributed by atoms with Crippen molar-refractivity contribution in [1.29, 1.82) is 0 Å². The fourth-order valence-electron chi connectivity index (χ4n) is 6.77. The van der Waals surface area contributed by atoms with Crippen molar-refractivity contribution in [3.63, 3.8) is 0 Å². The van der Waals surface area contributed by atoms with Crippen LogP contribution in [0.15, 0.2) is 60.7 Å². The molecular formula is C30H40N2O2. The summed E-state index contributed by atoms with van der Waals surface area (Å²) in [6, 6.07) is 20.5. The zero-order valence-electron chi connectivity index (χ0n) is 20.6. The lowest BCUT2D eigenvalue weighted by Crippen LogP contribution is -2.52. The van der Waals surface area contributed by atoms with Gasteiger partial charge in [-0.2, -0.15) is 0 Å². The summed E-state index contributed by atoms with van der Waals surface area (Å²) in [5, 5.41) is 12.1. The number of carbonyl (C=O) groups is 1. The average molecular weight is 461 g/mol. The van der Waals surface area contributed by atoms with Crippen LogP contribution in [0.5, 0.6) is 0 Å². The largest absolute Gasteiger partial charge is 0.375 e. The van der Waals surface area contributed by atoms with Gasteiger partial charge in [0.2, 0.25) is 0 Å². The van der Waals surface area contributed by atoms with Gasteiger partial charge in [-0.15, -0.1) is 0 Å². The van der Waals surface area contributed by atoms with Gasteiger partial charge in [0.1, 0.15) is 0 Å². The summed E-state index contributed by atoms with van der Waals surface area (Å²) in [5.41, 5.74) is 0.752. The Morgan fingerprint density at radius 3 is 2.21 bits per heavy atom. The molecule has 4 nitrogen and oxygen atoms in total. The van der Waals surface area contributed by atoms with Gasteiger partial charge < -0.3 is 10.0 Å². The highest BCUT2D eigenvalue weighted by molar-refractivity contribution is 5.87. The minimum absolute atomic E-state index is 0.00979. The predicted molar refractivity (Wildman–Crippen MR) is 136 cm³/mol. The molecule has 3 unspecified atom stereocenters. The first kappa shape index (κ1) is 23.6. The minimum atomic E-state index is -1.40. The predicted octanol–water partition coefficient (Wildman–Crippen LogP) is 5.07. The Kier molecular flexibility index (Phi) is 7.08. The van der Waals surface area contributed by atoms with E-state index in [1.54, 1.807) is 0 Å². The summed E-state index contributed by atoms with van der Waals surface area (Å²) in [6.07, 6.45) is 6.19. The number of rotatable bonds is 9. The first-order valence-corrected chi connectivity index (χ1v) is 13.4. The lowest BCUT2D eigenvalue weighted by atomic mass is 9.72. The molecule has 1 saturated heterocycles. The molecule has 34 heavy (non-hydrogen) atoms. The quantitative estimate of drug-likeness (QED) is 0.568. The molecule has 182 valence electrons. The SMILES string of the molecule is CCCN(CC1C2CN(Cc3ccccc3)CC21)C(=O)C(O)(c1ccccc1)C1CCCCC1. The van der Waals surface area contributed by atoms with E-state index in [4.69, 9.17) is 0 Å². The number of likely N-dealkylation sites (tertiary alicyclic amines) is 1. The van der Waals surface area contributed by atoms with E-state index < -0.39 is 5.60 Å². The van der Waals surface area contributed by atoms with Gasteiger partial charge >= 0.3 is 0 Å². The fourth-order valence-corrected chi connectivity index (χ4v) is 6.77. The summed E-state index contributed by atoms with van der Waals surface area (Å²) in [6.45, 7) is 6.94. The molecule has 2 aliphatic carbocycles. The zero-order chi connectivity index (χ0) is 23.5. The third-order valence-corrected chi connectivity index (χ3v) is 8.64. The van der Waals surface area contributed by atoms with Crippen molar-refractivity contribution in [2.45, 2.75) is 57.6 Å². The van der Waals surface area contributed by atoms with E-state index >= 15 is 0 Å². The fraction of sp³-hybridized carbons (Fsp3) is 0.567. The molecule has 1 amide bonds. The van der Waals surface area contributed by atoms with Gasteiger partial charge in [0.25, 0.3) is 5.91 Å². The summed E-state index contributed by atoms with van der Waals surface area (Å²) >= 11 is 0. The second kappa shape index (κ2) is 10.2. The number of aliphatic hydroxyl groups is 1. The molecular weight excluding hydrogens is 420 g/mol. The molecule has 1 aliphatic heterocycles. The van der Waals surface area contributed by atoms with E-state index in [0.29, 0.717) is 17.8 Å². The monoisotopic (exact) mass is 460 g/mol. The Hall–Kier alpha value is -2.17. The molecule has 3 aliphatic rings. The molecule has 2 aromatic carbocycles. The molecule has 4 heteroatoms. The summed E-state index contributed by atoms with van der Waals surface area (Å²) in [5.74, 6) is 1.91. The molecule has 3 atom stereocenters. The van der Waals surface area contributed by atoms with Crippen LogP contribution in [0.3, 0.4) is 0 Å². The van der Waals surface area contributed by atoms with Gasteiger partial charge in [-0.05, 0) is 48.1 Å². The van der Waals surface area contributed by atoms with E-state index in [2.05, 4.69) is 42.2 Å². The molecule has 2 aromatic rings. The topological polar surface area (TPSA) is 43.8 Å². The number of fused-ring (bicyclic) bond motifs is 1. The summed E-state index contributed by atoms with van der Waals surface area (Å²) < 4.78 is 0. The molecule has 0 radical (unpaired) electrons. The van der Waals surface area contributed by atoms with Crippen molar-refractivity contribution in [3.8, 4) is 0 Å². The van der Waals surface area contributed by atoms with Gasteiger partial charge in [-0.1, -0.05) is 86.8 Å². The Labute approximate surface area is 205 Å². The van der Waals surface area contributed by atoms with Crippen molar-refractivity contribution >= 4 is 5.91 Å². The molecule has 1 heterocycles. The van der Waals surface area contributed by atoms with Crippen molar-refractivity contribution in [1.82, 2.24) is 9.80 Å². The molecule has 0 aromatic heterocycles. The van der Waals surface area contributed by atoms with Gasteiger partial charge in [0, 0.05) is 38.6 Å². The molecule has 1 N–H and O–H groups in total. The van der Waals surface area contributed by atoms with E-state index in [9.17, 15) is 9.90 Å². The van der Waals surface area contributed by atoms with Crippen LogP contribution in [0.2, 0.25) is 0 Å². The number of piperidine rings is 1. The lowest BCUT2D eigenvalue weighted by molar-refractivity contribution is -0.161. The summed E-state index contributed by atoms with van der Waals surface area (Å²) in [7, 11) is 0. The highest BCUT2D eigenvalue weighted by atomic mass is 16.3. The number of hydrogen-bond donors (Lipinski definition) is 1. The molecule has 3 fully saturated rings. The van der Waals surface area contributed by atoms with Gasteiger partial charge in [0.05, 0.1) is 0 Å². The third kappa shape index (κ3) is 4.67. The molecule has 0 bridgehead atoms. The second-order valence-electron chi connectivity index (χ2n) is 10.9. The van der Waals surface area contributed by atoms with Crippen molar-refractivity contribution < 1.29 is 9.90 Å². The first-order valence-electron chi connectivity index (χ1n) is 13.4. The van der Waals surface area contributed by atoms with Crippen LogP contribution in [-0.2, 0) is 16.9 Å². The number of nitrogens with zero attached hydrogens (tertiary/aromatic N) is 2. The Balaban J connectivity index is 1.27. The van der Waals surface area contributed by atoms with Gasteiger partial charge in [-0.3, -0.25) is 9.69 Å². The zero-order valence-corrected chi connectivity index (χ0v) is 20.6. The smallest absolute Gasteiger partial charge is 0.259 e. The van der Waals surface area contributed by atoms with E-state index in [-0.39, 0.29) is 11.8 Å². The normalized spacial score (nSPS) is 26.6. The van der Waals surface area contributed by atoms with Crippen LogP contribution in [0.1, 0.15) is 56.6 Å². The second-order valence-corrected chi connectivity index (χ2v) is 10.9. The Morgan fingerprint density at radius 2 is 1.59 bits per heavy atom. The third-order valence-electron chi connectivity index (χ3n) is 8.64. The van der Waals surface area contributed by atoms with Crippen molar-refractivity contribution in [2.24, 2.45) is 23.7 Å².